The standard InChI is InChI=1S/C13H18F3N3O2/c1-20-10-4-3-9(7-11(10)21-2)8-19-12(17)18-6-5-13(14,15)16/h3-4,7H,5-6,8H2,1-2H3,(H3,17,18,19). The second-order valence-corrected chi connectivity index (χ2v) is 4.18. The summed E-state index contributed by atoms with van der Waals surface area (Å²) in [5, 5.41) is 2.41. The number of nitrogens with one attached hydrogen (secondary N) is 1. The van der Waals surface area contributed by atoms with Gasteiger partial charge in [-0.2, -0.15) is 13.2 Å². The quantitative estimate of drug-likeness (QED) is 0.623. The highest BCUT2D eigenvalue weighted by Crippen LogP contribution is 2.27. The molecule has 1 aromatic carbocycles. The number of halogens is 3. The average Bonchev–Trinajstić information content (AvgIpc) is 2.43. The normalized spacial score (nSPS) is 12.1. The maximum absolute atomic E-state index is 12.0. The van der Waals surface area contributed by atoms with Crippen LogP contribution in [0.5, 0.6) is 11.5 Å². The molecule has 8 heteroatoms. The van der Waals surface area contributed by atoms with Gasteiger partial charge in [0.15, 0.2) is 17.5 Å². The molecule has 0 atom stereocenters. The predicted octanol–water partition coefficient (Wildman–Crippen LogP) is 2.06. The summed E-state index contributed by atoms with van der Waals surface area (Å²) in [6.45, 7) is -0.0734. The van der Waals surface area contributed by atoms with E-state index >= 15 is 0 Å². The van der Waals surface area contributed by atoms with Crippen LogP contribution < -0.4 is 20.5 Å². The fourth-order valence-electron chi connectivity index (χ4n) is 1.54. The Morgan fingerprint density at radius 3 is 2.48 bits per heavy atom. The second-order valence-electron chi connectivity index (χ2n) is 4.18. The van der Waals surface area contributed by atoms with Gasteiger partial charge >= 0.3 is 6.18 Å². The molecule has 0 amide bonds. The van der Waals surface area contributed by atoms with Crippen LogP contribution in [-0.2, 0) is 6.54 Å². The van der Waals surface area contributed by atoms with Crippen molar-refractivity contribution in [3.8, 4) is 11.5 Å². The molecule has 3 N–H and O–H groups in total. The molecule has 0 radical (unpaired) electrons. The van der Waals surface area contributed by atoms with Gasteiger partial charge in [-0.15, -0.1) is 0 Å². The Hall–Kier alpha value is -2.12. The predicted molar refractivity (Wildman–Crippen MR) is 73.5 cm³/mol. The van der Waals surface area contributed by atoms with E-state index in [0.29, 0.717) is 11.5 Å². The minimum atomic E-state index is -4.21. The van der Waals surface area contributed by atoms with E-state index in [1.54, 1.807) is 18.2 Å². The Labute approximate surface area is 120 Å². The number of ether oxygens (including phenoxy) is 2. The molecule has 1 aromatic rings. The molecule has 1 rings (SSSR count). The van der Waals surface area contributed by atoms with Crippen molar-refractivity contribution in [2.24, 2.45) is 10.7 Å². The largest absolute Gasteiger partial charge is 0.493 e. The molecule has 0 aliphatic carbocycles. The van der Waals surface area contributed by atoms with Crippen LogP contribution in [0, 0.1) is 0 Å². The lowest BCUT2D eigenvalue weighted by molar-refractivity contribution is -0.132. The molecule has 21 heavy (non-hydrogen) atoms. The monoisotopic (exact) mass is 305 g/mol. The lowest BCUT2D eigenvalue weighted by Gasteiger charge is -2.09. The number of hydrogen-bond acceptors (Lipinski definition) is 3. The molecule has 0 aromatic heterocycles. The second kappa shape index (κ2) is 7.61. The molecule has 0 aliphatic rings. The molecule has 0 bridgehead atoms. The summed E-state index contributed by atoms with van der Waals surface area (Å²) < 4.78 is 46.1. The van der Waals surface area contributed by atoms with Crippen LogP contribution in [-0.4, -0.2) is 32.9 Å². The van der Waals surface area contributed by atoms with Gasteiger partial charge in [-0.1, -0.05) is 6.07 Å². The van der Waals surface area contributed by atoms with Gasteiger partial charge in [-0.25, -0.2) is 4.99 Å². The van der Waals surface area contributed by atoms with E-state index in [-0.39, 0.29) is 19.0 Å². The number of alkyl halides is 3. The summed E-state index contributed by atoms with van der Waals surface area (Å²) >= 11 is 0. The minimum absolute atomic E-state index is 0.0333. The number of aliphatic imine (C=N–C) groups is 1. The number of hydrogen-bond donors (Lipinski definition) is 2. The highest BCUT2D eigenvalue weighted by Gasteiger charge is 2.26. The Kier molecular flexibility index (Phi) is 6.13. The van der Waals surface area contributed by atoms with Crippen molar-refractivity contribution in [3.05, 3.63) is 23.8 Å². The van der Waals surface area contributed by atoms with E-state index in [1.165, 1.54) is 14.2 Å². The zero-order chi connectivity index (χ0) is 15.9. The minimum Gasteiger partial charge on any atom is -0.493 e. The SMILES string of the molecule is COc1ccc(CN=C(N)NCCC(F)(F)F)cc1OC. The molecule has 118 valence electrons. The lowest BCUT2D eigenvalue weighted by atomic mass is 10.2. The fraction of sp³-hybridized carbons (Fsp3) is 0.462. The molecule has 0 heterocycles. The molecular formula is C13H18F3N3O2. The maximum Gasteiger partial charge on any atom is 0.390 e. The van der Waals surface area contributed by atoms with Crippen molar-refractivity contribution in [2.45, 2.75) is 19.1 Å². The molecular weight excluding hydrogens is 287 g/mol. The van der Waals surface area contributed by atoms with E-state index in [1.807, 2.05) is 0 Å². The van der Waals surface area contributed by atoms with Crippen LogP contribution in [0.25, 0.3) is 0 Å². The number of nitrogens with two attached hydrogens (primary N) is 1. The van der Waals surface area contributed by atoms with Crippen molar-refractivity contribution in [1.82, 2.24) is 5.32 Å². The maximum atomic E-state index is 12.0. The molecule has 0 spiro atoms. The summed E-state index contributed by atoms with van der Waals surface area (Å²) in [7, 11) is 3.04. The molecule has 0 fully saturated rings. The first-order chi connectivity index (χ1) is 9.85. The Morgan fingerprint density at radius 1 is 1.24 bits per heavy atom. The van der Waals surface area contributed by atoms with Gasteiger partial charge in [-0.3, -0.25) is 0 Å². The van der Waals surface area contributed by atoms with Crippen LogP contribution in [0.4, 0.5) is 13.2 Å². The molecule has 0 aliphatic heterocycles. The summed E-state index contributed by atoms with van der Waals surface area (Å²) in [6.07, 6.45) is -5.17. The van der Waals surface area contributed by atoms with Gasteiger partial charge in [0, 0.05) is 6.54 Å². The third kappa shape index (κ3) is 6.24. The third-order valence-corrected chi connectivity index (χ3v) is 2.59. The Morgan fingerprint density at radius 2 is 1.90 bits per heavy atom. The van der Waals surface area contributed by atoms with Crippen molar-refractivity contribution in [3.63, 3.8) is 0 Å². The van der Waals surface area contributed by atoms with Crippen molar-refractivity contribution in [2.75, 3.05) is 20.8 Å². The summed E-state index contributed by atoms with van der Waals surface area (Å²) in [5.41, 5.74) is 6.29. The Bertz CT molecular complexity index is 490. The van der Waals surface area contributed by atoms with Gasteiger partial charge in [0.25, 0.3) is 0 Å². The first kappa shape index (κ1) is 16.9. The van der Waals surface area contributed by atoms with Crippen LogP contribution in [0.3, 0.4) is 0 Å². The van der Waals surface area contributed by atoms with Crippen molar-refractivity contribution < 1.29 is 22.6 Å². The van der Waals surface area contributed by atoms with E-state index in [9.17, 15) is 13.2 Å². The smallest absolute Gasteiger partial charge is 0.390 e. The summed E-state index contributed by atoms with van der Waals surface area (Å²) in [6, 6.07) is 5.22. The molecule has 0 saturated carbocycles. The summed E-state index contributed by atoms with van der Waals surface area (Å²) in [4.78, 5) is 3.96. The topological polar surface area (TPSA) is 68.9 Å². The zero-order valence-electron chi connectivity index (χ0n) is 11.8. The number of benzene rings is 1. The van der Waals surface area contributed by atoms with Crippen molar-refractivity contribution >= 4 is 5.96 Å². The van der Waals surface area contributed by atoms with Gasteiger partial charge in [-0.05, 0) is 17.7 Å². The van der Waals surface area contributed by atoms with Gasteiger partial charge in [0.2, 0.25) is 0 Å². The van der Waals surface area contributed by atoms with E-state index in [0.717, 1.165) is 5.56 Å². The van der Waals surface area contributed by atoms with Gasteiger partial charge < -0.3 is 20.5 Å². The highest BCUT2D eigenvalue weighted by molar-refractivity contribution is 5.77. The number of nitrogens with zero attached hydrogens (tertiary/aromatic N) is 1. The third-order valence-electron chi connectivity index (χ3n) is 2.59. The first-order valence-electron chi connectivity index (χ1n) is 6.17. The van der Waals surface area contributed by atoms with Crippen LogP contribution in [0.1, 0.15) is 12.0 Å². The van der Waals surface area contributed by atoms with E-state index in [4.69, 9.17) is 15.2 Å². The Balaban J connectivity index is 2.55. The van der Waals surface area contributed by atoms with Crippen molar-refractivity contribution in [1.29, 1.82) is 0 Å². The van der Waals surface area contributed by atoms with Crippen LogP contribution >= 0.6 is 0 Å². The van der Waals surface area contributed by atoms with E-state index in [2.05, 4.69) is 10.3 Å². The number of methoxy groups -OCH3 is 2. The molecule has 0 saturated heterocycles. The summed E-state index contributed by atoms with van der Waals surface area (Å²) in [5.74, 6) is 1.10. The van der Waals surface area contributed by atoms with Gasteiger partial charge in [0.05, 0.1) is 27.2 Å². The van der Waals surface area contributed by atoms with Crippen LogP contribution in [0.15, 0.2) is 23.2 Å². The highest BCUT2D eigenvalue weighted by atomic mass is 19.4. The molecule has 0 unspecified atom stereocenters. The zero-order valence-corrected chi connectivity index (χ0v) is 11.8. The fourth-order valence-corrected chi connectivity index (χ4v) is 1.54. The first-order valence-corrected chi connectivity index (χ1v) is 6.17. The lowest BCUT2D eigenvalue weighted by Crippen LogP contribution is -2.34. The van der Waals surface area contributed by atoms with E-state index < -0.39 is 12.6 Å². The van der Waals surface area contributed by atoms with Gasteiger partial charge in [0.1, 0.15) is 0 Å². The molecule has 5 nitrogen and oxygen atoms in total. The number of rotatable bonds is 6. The number of guanidine groups is 1. The van der Waals surface area contributed by atoms with Crippen LogP contribution in [0.2, 0.25) is 0 Å². The average molecular weight is 305 g/mol.